The van der Waals surface area contributed by atoms with Gasteiger partial charge in [0, 0.05) is 5.41 Å². The van der Waals surface area contributed by atoms with Gasteiger partial charge in [-0.05, 0) is 76.6 Å². The van der Waals surface area contributed by atoms with Crippen LogP contribution in [-0.2, 0) is 11.8 Å². The monoisotopic (exact) mass is 569 g/mol. The first-order chi connectivity index (χ1) is 18.4. The predicted molar refractivity (Wildman–Crippen MR) is 179 cm³/mol. The summed E-state index contributed by atoms with van der Waals surface area (Å²) in [6.07, 6.45) is 19.0. The van der Waals surface area contributed by atoms with E-state index >= 15 is 0 Å². The van der Waals surface area contributed by atoms with Crippen molar-refractivity contribution < 1.29 is 15.1 Å². The Morgan fingerprint density at radius 1 is 0.610 bits per heavy atom. The fourth-order valence-electron chi connectivity index (χ4n) is 7.52. The average Bonchev–Trinajstić information content (AvgIpc) is 2.92. The molecule has 0 unspecified atom stereocenters. The molecule has 12 N–H and O–H groups in total. The van der Waals surface area contributed by atoms with Gasteiger partial charge in [0.1, 0.15) is 0 Å². The highest BCUT2D eigenvalue weighted by Crippen LogP contribution is 2.61. The van der Waals surface area contributed by atoms with Gasteiger partial charge >= 0.3 is 7.32 Å². The summed E-state index contributed by atoms with van der Waals surface area (Å²) in [7, 11) is -2.17. The van der Waals surface area contributed by atoms with Crippen LogP contribution in [0.25, 0.3) is 21.5 Å². The lowest BCUT2D eigenvalue weighted by Crippen LogP contribution is -2.49. The summed E-state index contributed by atoms with van der Waals surface area (Å²) in [5.74, 6) is 0. The third-order valence-corrected chi connectivity index (χ3v) is 9.35. The SMILES string of the molecule is CCCCC1(CCCC)CCc2c(ccc3c2ccc2ccccc23)C1(CCCC)CCCC.N.N.N.OB(O)O. The fraction of sp³-hybridized carbons (Fsp3) is 0.588. The van der Waals surface area contributed by atoms with Crippen LogP contribution in [0, 0.1) is 5.41 Å². The molecule has 0 radical (unpaired) electrons. The number of hydrogen-bond acceptors (Lipinski definition) is 6. The average molecular weight is 570 g/mol. The van der Waals surface area contributed by atoms with Crippen LogP contribution in [0.15, 0.2) is 48.5 Å². The maximum atomic E-state index is 7.17. The van der Waals surface area contributed by atoms with Crippen molar-refractivity contribution in [3.05, 3.63) is 59.7 Å². The first-order valence-corrected chi connectivity index (χ1v) is 15.4. The van der Waals surface area contributed by atoms with E-state index in [1.54, 1.807) is 11.1 Å². The second kappa shape index (κ2) is 18.5. The van der Waals surface area contributed by atoms with Gasteiger partial charge in [-0.1, -0.05) is 128 Å². The molecule has 0 amide bonds. The number of hydrogen-bond donors (Lipinski definition) is 6. The van der Waals surface area contributed by atoms with Crippen molar-refractivity contribution in [1.82, 2.24) is 18.5 Å². The lowest BCUT2D eigenvalue weighted by Gasteiger charge is -2.56. The molecule has 0 bridgehead atoms. The molecule has 0 saturated carbocycles. The Labute approximate surface area is 250 Å². The van der Waals surface area contributed by atoms with E-state index in [1.165, 1.54) is 111 Å². The Hall–Kier alpha value is -2.00. The van der Waals surface area contributed by atoms with Crippen molar-refractivity contribution in [3.63, 3.8) is 0 Å². The standard InChI is InChI=1S/C34H48.BH3O3.3H3N/c1-5-9-22-33(23-10-6-2)26-21-31-30-18-17-27-15-13-14-16-28(27)29(30)19-20-32(31)34(33,24-11-7-3)25-12-8-4;2-1(3)4;;;/h13-20H,5-12,21-26H2,1-4H3;2-4H;3*1H3. The highest BCUT2D eigenvalue weighted by molar-refractivity contribution is 6.30. The lowest BCUT2D eigenvalue weighted by atomic mass is 9.47. The molecular formula is C34H60BN3O3. The van der Waals surface area contributed by atoms with Crippen LogP contribution in [0.5, 0.6) is 0 Å². The highest BCUT2D eigenvalue weighted by Gasteiger charge is 2.53. The minimum absolute atomic E-state index is 0. The summed E-state index contributed by atoms with van der Waals surface area (Å²) < 4.78 is 0. The molecule has 7 heteroatoms. The molecule has 41 heavy (non-hydrogen) atoms. The van der Waals surface area contributed by atoms with Crippen molar-refractivity contribution >= 4 is 28.9 Å². The molecule has 0 aromatic heterocycles. The molecule has 0 saturated heterocycles. The number of fused-ring (bicyclic) bond motifs is 5. The van der Waals surface area contributed by atoms with Crippen LogP contribution in [-0.4, -0.2) is 22.4 Å². The largest absolute Gasteiger partial charge is 0.631 e. The van der Waals surface area contributed by atoms with Crippen LogP contribution < -0.4 is 18.5 Å². The third kappa shape index (κ3) is 8.53. The first kappa shape index (κ1) is 39.0. The summed E-state index contributed by atoms with van der Waals surface area (Å²) in [4.78, 5) is 0. The number of benzene rings is 3. The van der Waals surface area contributed by atoms with Gasteiger partial charge in [-0.15, -0.1) is 0 Å². The Bertz CT molecular complexity index is 1140. The van der Waals surface area contributed by atoms with Crippen molar-refractivity contribution in [2.75, 3.05) is 0 Å². The van der Waals surface area contributed by atoms with E-state index in [4.69, 9.17) is 15.1 Å². The normalized spacial score (nSPS) is 14.5. The molecule has 0 aliphatic heterocycles. The first-order valence-electron chi connectivity index (χ1n) is 15.4. The Balaban J connectivity index is 0.00000215. The van der Waals surface area contributed by atoms with E-state index < -0.39 is 7.32 Å². The van der Waals surface area contributed by atoms with Gasteiger partial charge in [0.05, 0.1) is 0 Å². The Morgan fingerprint density at radius 3 is 1.63 bits per heavy atom. The third-order valence-electron chi connectivity index (χ3n) is 9.35. The molecule has 3 aromatic carbocycles. The van der Waals surface area contributed by atoms with Crippen molar-refractivity contribution in [2.45, 2.75) is 123 Å². The zero-order valence-corrected chi connectivity index (χ0v) is 26.6. The molecule has 0 heterocycles. The molecule has 1 aliphatic carbocycles. The van der Waals surface area contributed by atoms with Crippen LogP contribution in [0.2, 0.25) is 0 Å². The number of rotatable bonds is 12. The van der Waals surface area contributed by atoms with E-state index in [-0.39, 0.29) is 18.5 Å². The maximum absolute atomic E-state index is 7.17. The quantitative estimate of drug-likeness (QED) is 0.0938. The van der Waals surface area contributed by atoms with Gasteiger partial charge in [0.15, 0.2) is 0 Å². The zero-order valence-electron chi connectivity index (χ0n) is 26.6. The molecule has 0 fully saturated rings. The van der Waals surface area contributed by atoms with E-state index in [0.29, 0.717) is 10.8 Å². The highest BCUT2D eigenvalue weighted by atomic mass is 16.5. The summed E-state index contributed by atoms with van der Waals surface area (Å²) >= 11 is 0. The molecule has 6 nitrogen and oxygen atoms in total. The minimum Gasteiger partial charge on any atom is -0.402 e. The minimum atomic E-state index is -2.17. The number of unbranched alkanes of at least 4 members (excludes halogenated alkanes) is 4. The smallest absolute Gasteiger partial charge is 0.402 e. The predicted octanol–water partition coefficient (Wildman–Crippen LogP) is 9.36. The van der Waals surface area contributed by atoms with Gasteiger partial charge in [-0.3, -0.25) is 0 Å². The van der Waals surface area contributed by atoms with Gasteiger partial charge in [0.2, 0.25) is 0 Å². The van der Waals surface area contributed by atoms with Crippen molar-refractivity contribution in [2.24, 2.45) is 5.41 Å². The van der Waals surface area contributed by atoms with Crippen LogP contribution in [0.1, 0.15) is 122 Å². The van der Waals surface area contributed by atoms with Crippen LogP contribution in [0.4, 0.5) is 0 Å². The van der Waals surface area contributed by atoms with E-state index in [2.05, 4.69) is 76.2 Å². The molecular weight excluding hydrogens is 509 g/mol. The molecule has 0 atom stereocenters. The lowest BCUT2D eigenvalue weighted by molar-refractivity contribution is 0.0388. The molecule has 4 rings (SSSR count). The molecule has 1 aliphatic rings. The molecule has 232 valence electrons. The van der Waals surface area contributed by atoms with Gasteiger partial charge < -0.3 is 33.5 Å². The van der Waals surface area contributed by atoms with E-state index in [9.17, 15) is 0 Å². The van der Waals surface area contributed by atoms with Gasteiger partial charge in [-0.25, -0.2) is 0 Å². The van der Waals surface area contributed by atoms with Crippen molar-refractivity contribution in [1.29, 1.82) is 0 Å². The molecule has 0 spiro atoms. The van der Waals surface area contributed by atoms with E-state index in [0.717, 1.165) is 0 Å². The number of aryl methyl sites for hydroxylation is 1. The Kier molecular flexibility index (Phi) is 17.6. The zero-order chi connectivity index (χ0) is 27.6. The van der Waals surface area contributed by atoms with Crippen LogP contribution >= 0.6 is 0 Å². The molecule has 3 aromatic rings. The van der Waals surface area contributed by atoms with Gasteiger partial charge in [-0.2, -0.15) is 0 Å². The van der Waals surface area contributed by atoms with E-state index in [1.807, 2.05) is 0 Å². The topological polar surface area (TPSA) is 166 Å². The Morgan fingerprint density at radius 2 is 1.10 bits per heavy atom. The summed E-state index contributed by atoms with van der Waals surface area (Å²) in [5, 5.41) is 27.3. The summed E-state index contributed by atoms with van der Waals surface area (Å²) in [6, 6.07) is 18.9. The maximum Gasteiger partial charge on any atom is 0.631 e. The van der Waals surface area contributed by atoms with Crippen LogP contribution in [0.3, 0.4) is 0 Å². The second-order valence-electron chi connectivity index (χ2n) is 11.6. The summed E-state index contributed by atoms with van der Waals surface area (Å²) in [5.41, 5.74) is 4.26. The fourth-order valence-corrected chi connectivity index (χ4v) is 7.52. The van der Waals surface area contributed by atoms with Gasteiger partial charge in [0.25, 0.3) is 0 Å². The van der Waals surface area contributed by atoms with Crippen molar-refractivity contribution in [3.8, 4) is 0 Å². The summed E-state index contributed by atoms with van der Waals surface area (Å²) in [6.45, 7) is 9.57. The second-order valence-corrected chi connectivity index (χ2v) is 11.6.